The first-order valence-electron chi connectivity index (χ1n) is 11.7. The van der Waals surface area contributed by atoms with Gasteiger partial charge in [-0.2, -0.15) is 0 Å². The Morgan fingerprint density at radius 2 is 1.65 bits per heavy atom. The zero-order valence-corrected chi connectivity index (χ0v) is 18.4. The van der Waals surface area contributed by atoms with Gasteiger partial charge >= 0.3 is 0 Å². The Bertz CT molecular complexity index is 1060. The normalized spacial score (nSPS) is 18.4. The number of carbonyl (C=O) groups excluding carboxylic acids is 1. The van der Waals surface area contributed by atoms with Gasteiger partial charge < -0.3 is 4.90 Å². The van der Waals surface area contributed by atoms with Crippen LogP contribution in [0, 0.1) is 6.92 Å². The van der Waals surface area contributed by atoms with E-state index < -0.39 is 0 Å². The van der Waals surface area contributed by atoms with Crippen LogP contribution in [0.2, 0.25) is 0 Å². The predicted molar refractivity (Wildman–Crippen MR) is 126 cm³/mol. The molecule has 1 aromatic heterocycles. The largest absolute Gasteiger partial charge is 0.336 e. The Labute approximate surface area is 184 Å². The number of para-hydroxylation sites is 1. The van der Waals surface area contributed by atoms with Crippen LogP contribution >= 0.6 is 0 Å². The second-order valence-corrected chi connectivity index (χ2v) is 9.00. The molecular formula is C27H31N3O. The number of aromatic nitrogens is 1. The maximum absolute atomic E-state index is 13.6. The lowest BCUT2D eigenvalue weighted by Crippen LogP contribution is -2.52. The summed E-state index contributed by atoms with van der Waals surface area (Å²) in [6.07, 6.45) is 6.74. The van der Waals surface area contributed by atoms with E-state index in [1.54, 1.807) is 0 Å². The highest BCUT2D eigenvalue weighted by molar-refractivity contribution is 6.09. The molecule has 0 spiro atoms. The lowest BCUT2D eigenvalue weighted by Gasteiger charge is -2.40. The van der Waals surface area contributed by atoms with E-state index in [0.29, 0.717) is 0 Å². The fraction of sp³-hybridized carbons (Fsp3) is 0.407. The Balaban J connectivity index is 1.42. The minimum atomic E-state index is 0.143. The topological polar surface area (TPSA) is 36.4 Å². The van der Waals surface area contributed by atoms with Crippen molar-refractivity contribution < 1.29 is 4.79 Å². The van der Waals surface area contributed by atoms with Gasteiger partial charge in [-0.15, -0.1) is 0 Å². The number of nitrogens with zero attached hydrogens (tertiary/aromatic N) is 3. The number of amides is 1. The number of aryl methyl sites for hydroxylation is 1. The SMILES string of the molecule is Cc1cc(C(=O)N2CCN(C3CCCCC3)CC2)c2cccc(-c3ccccc3)c2n1. The number of benzene rings is 2. The summed E-state index contributed by atoms with van der Waals surface area (Å²) in [6, 6.07) is 19.2. The van der Waals surface area contributed by atoms with Gasteiger partial charge in [0.15, 0.2) is 0 Å². The summed E-state index contributed by atoms with van der Waals surface area (Å²) >= 11 is 0. The van der Waals surface area contributed by atoms with Crippen molar-refractivity contribution in [3.8, 4) is 11.1 Å². The van der Waals surface area contributed by atoms with Gasteiger partial charge in [-0.25, -0.2) is 0 Å². The molecule has 31 heavy (non-hydrogen) atoms. The maximum Gasteiger partial charge on any atom is 0.254 e. The summed E-state index contributed by atoms with van der Waals surface area (Å²) in [5, 5.41) is 0.951. The summed E-state index contributed by atoms with van der Waals surface area (Å²) in [5.74, 6) is 0.143. The fourth-order valence-corrected chi connectivity index (χ4v) is 5.31. The molecule has 4 heteroatoms. The number of hydrogen-bond donors (Lipinski definition) is 0. The molecule has 2 aromatic carbocycles. The van der Waals surface area contributed by atoms with Crippen LogP contribution in [0.3, 0.4) is 0 Å². The fourth-order valence-electron chi connectivity index (χ4n) is 5.31. The molecule has 5 rings (SSSR count). The van der Waals surface area contributed by atoms with E-state index >= 15 is 0 Å². The third kappa shape index (κ3) is 4.09. The van der Waals surface area contributed by atoms with Crippen LogP contribution in [-0.2, 0) is 0 Å². The number of pyridine rings is 1. The van der Waals surface area contributed by atoms with Crippen molar-refractivity contribution >= 4 is 16.8 Å². The minimum absolute atomic E-state index is 0.143. The predicted octanol–water partition coefficient (Wildman–Crippen LogP) is 5.30. The van der Waals surface area contributed by atoms with Crippen molar-refractivity contribution in [3.05, 3.63) is 65.9 Å². The van der Waals surface area contributed by atoms with E-state index in [-0.39, 0.29) is 5.91 Å². The quantitative estimate of drug-likeness (QED) is 0.585. The van der Waals surface area contributed by atoms with E-state index in [4.69, 9.17) is 4.98 Å². The zero-order valence-electron chi connectivity index (χ0n) is 18.4. The molecule has 1 saturated carbocycles. The Hall–Kier alpha value is -2.72. The highest BCUT2D eigenvalue weighted by Crippen LogP contribution is 2.30. The summed E-state index contributed by atoms with van der Waals surface area (Å²) < 4.78 is 0. The van der Waals surface area contributed by atoms with Gasteiger partial charge in [-0.05, 0) is 31.4 Å². The van der Waals surface area contributed by atoms with Crippen molar-refractivity contribution in [1.29, 1.82) is 0 Å². The third-order valence-corrected chi connectivity index (χ3v) is 6.98. The molecule has 0 N–H and O–H groups in total. The Morgan fingerprint density at radius 1 is 0.903 bits per heavy atom. The molecule has 0 atom stereocenters. The highest BCUT2D eigenvalue weighted by Gasteiger charge is 2.28. The molecule has 2 heterocycles. The lowest BCUT2D eigenvalue weighted by molar-refractivity contribution is 0.0525. The van der Waals surface area contributed by atoms with Crippen molar-refractivity contribution in [2.45, 2.75) is 45.1 Å². The second-order valence-electron chi connectivity index (χ2n) is 9.00. The van der Waals surface area contributed by atoms with Crippen molar-refractivity contribution in [1.82, 2.24) is 14.8 Å². The average molecular weight is 414 g/mol. The summed E-state index contributed by atoms with van der Waals surface area (Å²) in [6.45, 7) is 5.60. The zero-order chi connectivity index (χ0) is 21.2. The first-order chi connectivity index (χ1) is 15.2. The van der Waals surface area contributed by atoms with E-state index in [9.17, 15) is 4.79 Å². The number of rotatable bonds is 3. The van der Waals surface area contributed by atoms with Crippen LogP contribution in [-0.4, -0.2) is 52.9 Å². The number of piperazine rings is 1. The van der Waals surface area contributed by atoms with E-state index in [0.717, 1.165) is 65.5 Å². The molecule has 1 saturated heterocycles. The molecule has 1 aliphatic carbocycles. The van der Waals surface area contributed by atoms with Crippen LogP contribution in [0.1, 0.15) is 48.2 Å². The number of hydrogen-bond acceptors (Lipinski definition) is 3. The van der Waals surface area contributed by atoms with Gasteiger partial charge in [0.2, 0.25) is 0 Å². The molecule has 160 valence electrons. The first kappa shape index (κ1) is 20.2. The molecular weight excluding hydrogens is 382 g/mol. The van der Waals surface area contributed by atoms with Crippen LogP contribution in [0.15, 0.2) is 54.6 Å². The lowest BCUT2D eigenvalue weighted by atomic mass is 9.93. The molecule has 0 unspecified atom stereocenters. The van der Waals surface area contributed by atoms with Crippen LogP contribution < -0.4 is 0 Å². The average Bonchev–Trinajstić information content (AvgIpc) is 2.84. The molecule has 2 fully saturated rings. The van der Waals surface area contributed by atoms with Gasteiger partial charge in [-0.1, -0.05) is 67.8 Å². The molecule has 1 amide bonds. The summed E-state index contributed by atoms with van der Waals surface area (Å²) in [5.41, 5.74) is 4.80. The summed E-state index contributed by atoms with van der Waals surface area (Å²) in [4.78, 5) is 23.1. The van der Waals surface area contributed by atoms with E-state index in [2.05, 4.69) is 23.1 Å². The van der Waals surface area contributed by atoms with Gasteiger partial charge in [0.05, 0.1) is 11.1 Å². The minimum Gasteiger partial charge on any atom is -0.336 e. The van der Waals surface area contributed by atoms with Crippen molar-refractivity contribution in [2.24, 2.45) is 0 Å². The molecule has 2 aliphatic rings. The number of carbonyl (C=O) groups is 1. The highest BCUT2D eigenvalue weighted by atomic mass is 16.2. The van der Waals surface area contributed by atoms with Crippen LogP contribution in [0.4, 0.5) is 0 Å². The second kappa shape index (κ2) is 8.80. The maximum atomic E-state index is 13.6. The smallest absolute Gasteiger partial charge is 0.254 e. The molecule has 4 nitrogen and oxygen atoms in total. The van der Waals surface area contributed by atoms with Gasteiger partial charge in [-0.3, -0.25) is 14.7 Å². The Morgan fingerprint density at radius 3 is 2.39 bits per heavy atom. The van der Waals surface area contributed by atoms with E-state index in [1.807, 2.05) is 48.2 Å². The molecule has 1 aliphatic heterocycles. The third-order valence-electron chi connectivity index (χ3n) is 6.98. The molecule has 3 aromatic rings. The van der Waals surface area contributed by atoms with Gasteiger partial charge in [0, 0.05) is 48.9 Å². The standard InChI is InChI=1S/C27H31N3O/c1-20-19-25(24-14-8-13-23(26(24)28-20)21-9-4-2-5-10-21)27(31)30-17-15-29(16-18-30)22-11-6-3-7-12-22/h2,4-5,8-10,13-14,19,22H,3,6-7,11-12,15-18H2,1H3. The number of fused-ring (bicyclic) bond motifs is 1. The first-order valence-corrected chi connectivity index (χ1v) is 11.7. The van der Waals surface area contributed by atoms with Crippen LogP contribution in [0.25, 0.3) is 22.0 Å². The van der Waals surface area contributed by atoms with Gasteiger partial charge in [0.25, 0.3) is 5.91 Å². The summed E-state index contributed by atoms with van der Waals surface area (Å²) in [7, 11) is 0. The molecule has 0 radical (unpaired) electrons. The van der Waals surface area contributed by atoms with Crippen molar-refractivity contribution in [3.63, 3.8) is 0 Å². The van der Waals surface area contributed by atoms with Crippen LogP contribution in [0.5, 0.6) is 0 Å². The van der Waals surface area contributed by atoms with Gasteiger partial charge in [0.1, 0.15) is 0 Å². The monoisotopic (exact) mass is 413 g/mol. The molecule has 0 bridgehead atoms. The Kier molecular flexibility index (Phi) is 5.73. The van der Waals surface area contributed by atoms with E-state index in [1.165, 1.54) is 32.1 Å². The van der Waals surface area contributed by atoms with Crippen molar-refractivity contribution in [2.75, 3.05) is 26.2 Å².